The predicted octanol–water partition coefficient (Wildman–Crippen LogP) is -2.36. The van der Waals surface area contributed by atoms with Gasteiger partial charge in [0.2, 0.25) is 5.91 Å². The third-order valence-electron chi connectivity index (χ3n) is 5.07. The van der Waals surface area contributed by atoms with Crippen molar-refractivity contribution < 1.29 is 73.4 Å². The van der Waals surface area contributed by atoms with E-state index in [-0.39, 0.29) is 65.1 Å². The summed E-state index contributed by atoms with van der Waals surface area (Å²) in [5, 5.41) is 20.8. The number of fused-ring (bicyclic) bond motifs is 1. The summed E-state index contributed by atoms with van der Waals surface area (Å²) in [5.41, 5.74) is 5.87. The van der Waals surface area contributed by atoms with Crippen molar-refractivity contribution in [3.63, 3.8) is 0 Å². The largest absolute Gasteiger partial charge is 1.00 e. The number of nitrogens with one attached hydrogen (secondary N) is 1. The van der Waals surface area contributed by atoms with E-state index in [2.05, 4.69) is 20.5 Å². The Bertz CT molecular complexity index is 1910. The van der Waals surface area contributed by atoms with Crippen LogP contribution in [0.3, 0.4) is 0 Å². The molecule has 15 nitrogen and oxygen atoms in total. The number of nitrogens with two attached hydrogens (primary N) is 1. The number of azo groups is 1. The number of non-ortho nitro benzene ring substituents is 1. The van der Waals surface area contributed by atoms with Crippen molar-refractivity contribution in [2.75, 3.05) is 11.1 Å². The zero-order chi connectivity index (χ0) is 28.7. The summed E-state index contributed by atoms with van der Waals surface area (Å²) in [7, 11) is -10.7. The molecule has 20 heteroatoms. The standard InChI is InChI=1S/C21H16N6O9S3.2Li/c1-10(28)23-12-4-2-11(3-5-12)19-20(37-21(22)24-19)26-25-13-6-15-16(17(7-13)38(31,32)33)8-14(27(29)30)9-18(15)39(34,35)36;;/h2-9H,1H3,(H2,22,24)(H,23,28)(H,31,32,33)(H,34,35,36);;/q;2*+1/p-2. The van der Waals surface area contributed by atoms with Gasteiger partial charge in [-0.1, -0.05) is 23.5 Å². The molecule has 0 saturated carbocycles. The van der Waals surface area contributed by atoms with Gasteiger partial charge >= 0.3 is 37.7 Å². The Morgan fingerprint density at radius 3 is 2.05 bits per heavy atom. The van der Waals surface area contributed by atoms with Crippen LogP contribution in [-0.2, 0) is 25.0 Å². The molecular weight excluding hydrogens is 590 g/mol. The van der Waals surface area contributed by atoms with Crippen LogP contribution in [-0.4, -0.2) is 41.8 Å². The number of hydrogen-bond acceptors (Lipinski definition) is 14. The molecule has 4 rings (SSSR count). The van der Waals surface area contributed by atoms with Gasteiger partial charge < -0.3 is 20.2 Å². The van der Waals surface area contributed by atoms with E-state index in [1.165, 1.54) is 6.92 Å². The summed E-state index contributed by atoms with van der Waals surface area (Å²) in [4.78, 5) is 23.5. The van der Waals surface area contributed by atoms with Gasteiger partial charge in [-0.15, -0.1) is 10.2 Å². The average Bonchev–Trinajstić information content (AvgIpc) is 3.20. The molecule has 1 amide bonds. The first-order valence-electron chi connectivity index (χ1n) is 10.4. The molecule has 0 aliphatic carbocycles. The Labute approximate surface area is 260 Å². The molecule has 1 heterocycles. The number of benzene rings is 3. The van der Waals surface area contributed by atoms with Crippen LogP contribution in [0.5, 0.6) is 0 Å². The van der Waals surface area contributed by atoms with Crippen molar-refractivity contribution in [2.45, 2.75) is 16.7 Å². The Morgan fingerprint density at radius 2 is 1.51 bits per heavy atom. The average molecular weight is 604 g/mol. The molecule has 41 heavy (non-hydrogen) atoms. The Morgan fingerprint density at radius 1 is 0.951 bits per heavy atom. The van der Waals surface area contributed by atoms with Gasteiger partial charge in [-0.3, -0.25) is 14.9 Å². The Balaban J connectivity index is 0.00000294. The van der Waals surface area contributed by atoms with Gasteiger partial charge in [-0.2, -0.15) is 0 Å². The number of rotatable bonds is 7. The molecule has 0 aliphatic heterocycles. The van der Waals surface area contributed by atoms with Crippen LogP contribution < -0.4 is 48.8 Å². The van der Waals surface area contributed by atoms with Crippen LogP contribution in [0.25, 0.3) is 22.0 Å². The van der Waals surface area contributed by atoms with Crippen LogP contribution in [0, 0.1) is 10.1 Å². The van der Waals surface area contributed by atoms with E-state index in [4.69, 9.17) is 5.73 Å². The molecule has 0 radical (unpaired) electrons. The van der Waals surface area contributed by atoms with E-state index < -0.39 is 51.4 Å². The smallest absolute Gasteiger partial charge is 0.744 e. The molecule has 0 unspecified atom stereocenters. The first kappa shape index (κ1) is 34.0. The number of nitro groups is 1. The quantitative estimate of drug-likeness (QED) is 0.0742. The van der Waals surface area contributed by atoms with Gasteiger partial charge in [0.15, 0.2) is 10.1 Å². The Hall–Kier alpha value is -3.17. The number of thiazole rings is 1. The van der Waals surface area contributed by atoms with Crippen molar-refractivity contribution in [1.82, 2.24) is 4.98 Å². The normalized spacial score (nSPS) is 11.6. The first-order chi connectivity index (χ1) is 18.1. The zero-order valence-corrected chi connectivity index (χ0v) is 23.8. The van der Waals surface area contributed by atoms with Crippen molar-refractivity contribution >= 4 is 75.4 Å². The van der Waals surface area contributed by atoms with Crippen LogP contribution in [0.4, 0.5) is 27.2 Å². The summed E-state index contributed by atoms with van der Waals surface area (Å²) < 4.78 is 71.5. The van der Waals surface area contributed by atoms with Crippen molar-refractivity contribution in [1.29, 1.82) is 0 Å². The van der Waals surface area contributed by atoms with Crippen LogP contribution in [0.15, 0.2) is 68.6 Å². The van der Waals surface area contributed by atoms with Gasteiger partial charge in [-0.25, -0.2) is 21.8 Å². The molecular formula is C21H14Li2N6O9S3. The van der Waals surface area contributed by atoms with E-state index in [0.29, 0.717) is 23.4 Å². The molecule has 4 aromatic rings. The molecule has 3 aromatic carbocycles. The molecule has 0 saturated heterocycles. The number of nitrogens with zero attached hydrogens (tertiary/aromatic N) is 4. The predicted molar refractivity (Wildman–Crippen MR) is 137 cm³/mol. The maximum absolute atomic E-state index is 12.0. The molecule has 0 fully saturated rings. The van der Waals surface area contributed by atoms with E-state index in [1.54, 1.807) is 24.3 Å². The minimum absolute atomic E-state index is 0. The van der Waals surface area contributed by atoms with Crippen molar-refractivity contribution in [3.05, 3.63) is 58.6 Å². The number of aromatic nitrogens is 1. The third-order valence-corrected chi connectivity index (χ3v) is 7.60. The molecule has 202 valence electrons. The van der Waals surface area contributed by atoms with Crippen LogP contribution in [0.1, 0.15) is 6.92 Å². The molecule has 3 N–H and O–H groups in total. The second-order valence-electron chi connectivity index (χ2n) is 7.81. The molecule has 0 atom stereocenters. The summed E-state index contributed by atoms with van der Waals surface area (Å²) in [6.45, 7) is 1.35. The SMILES string of the molecule is CC(=O)Nc1ccc(-c2nc(N)sc2N=Nc2cc(S(=O)(=O)[O-])c3cc([N+](=O)[O-])cc(S(=O)(=O)[O-])c3c2)cc1.[Li+].[Li+]. The second kappa shape index (κ2) is 12.8. The van der Waals surface area contributed by atoms with Crippen molar-refractivity contribution in [2.24, 2.45) is 10.2 Å². The maximum Gasteiger partial charge on any atom is 1.00 e. The third kappa shape index (κ3) is 7.77. The summed E-state index contributed by atoms with van der Waals surface area (Å²) in [5.74, 6) is -0.271. The van der Waals surface area contributed by atoms with Crippen molar-refractivity contribution in [3.8, 4) is 11.3 Å². The number of amides is 1. The van der Waals surface area contributed by atoms with Gasteiger partial charge in [0.25, 0.3) is 5.69 Å². The topological polar surface area (TPSA) is 250 Å². The van der Waals surface area contributed by atoms with Crippen LogP contribution in [0.2, 0.25) is 0 Å². The Kier molecular flexibility index (Phi) is 10.6. The summed E-state index contributed by atoms with van der Waals surface area (Å²) in [6.07, 6.45) is 0. The first-order valence-corrected chi connectivity index (χ1v) is 14.0. The van der Waals surface area contributed by atoms with E-state index in [9.17, 15) is 40.8 Å². The van der Waals surface area contributed by atoms with E-state index in [0.717, 1.165) is 23.5 Å². The molecule has 0 bridgehead atoms. The maximum atomic E-state index is 12.0. The number of nitro benzene ring substituents is 1. The summed E-state index contributed by atoms with van der Waals surface area (Å²) in [6, 6.07) is 9.27. The van der Waals surface area contributed by atoms with E-state index >= 15 is 0 Å². The molecule has 0 aliphatic rings. The van der Waals surface area contributed by atoms with Gasteiger partial charge in [0.1, 0.15) is 25.9 Å². The van der Waals surface area contributed by atoms with Gasteiger partial charge in [0.05, 0.1) is 20.4 Å². The fourth-order valence-electron chi connectivity index (χ4n) is 3.55. The minimum Gasteiger partial charge on any atom is -0.744 e. The molecule has 1 aromatic heterocycles. The number of carbonyl (C=O) groups is 1. The fourth-order valence-corrected chi connectivity index (χ4v) is 5.63. The fraction of sp³-hybridized carbons (Fsp3) is 0.0476. The minimum atomic E-state index is -5.36. The second-order valence-corrected chi connectivity index (χ2v) is 11.5. The van der Waals surface area contributed by atoms with Crippen LogP contribution >= 0.6 is 11.3 Å². The number of anilines is 2. The zero-order valence-electron chi connectivity index (χ0n) is 21.4. The molecule has 0 spiro atoms. The van der Waals surface area contributed by atoms with Gasteiger partial charge in [-0.05, 0) is 24.3 Å². The summed E-state index contributed by atoms with van der Waals surface area (Å²) >= 11 is 0.905. The number of carbonyl (C=O) groups excluding carboxylic acids is 1. The monoisotopic (exact) mass is 604 g/mol. The number of nitrogen functional groups attached to an aromatic ring is 1. The van der Waals surface area contributed by atoms with Gasteiger partial charge in [0, 0.05) is 41.1 Å². The van der Waals surface area contributed by atoms with E-state index in [1.807, 2.05) is 0 Å². The number of hydrogen-bond donors (Lipinski definition) is 2.